The van der Waals surface area contributed by atoms with Crippen LogP contribution in [0.25, 0.3) is 0 Å². The van der Waals surface area contributed by atoms with Crippen LogP contribution in [0.15, 0.2) is 0 Å². The molecule has 1 atom stereocenters. The Labute approximate surface area is 60.8 Å². The van der Waals surface area contributed by atoms with E-state index in [0.717, 1.165) is 18.6 Å². The summed E-state index contributed by atoms with van der Waals surface area (Å²) in [5.74, 6) is 1.10. The number of hydrogen-bond acceptors (Lipinski definition) is 3. The highest BCUT2D eigenvalue weighted by Crippen LogP contribution is 2.00. The van der Waals surface area contributed by atoms with E-state index in [9.17, 15) is 0 Å². The van der Waals surface area contributed by atoms with Crippen molar-refractivity contribution < 1.29 is 5.11 Å². The minimum absolute atomic E-state index is 0.197. The highest BCUT2D eigenvalue weighted by molar-refractivity contribution is 7.98. The first-order valence-corrected chi connectivity index (χ1v) is 4.56. The number of thioether (sulfide) groups is 1. The molecule has 0 unspecified atom stereocenters. The second-order valence-electron chi connectivity index (χ2n) is 2.05. The van der Waals surface area contributed by atoms with Gasteiger partial charge in [-0.1, -0.05) is 0 Å². The van der Waals surface area contributed by atoms with Crippen molar-refractivity contribution in [2.45, 2.75) is 18.9 Å². The van der Waals surface area contributed by atoms with E-state index >= 15 is 0 Å². The molecule has 9 heavy (non-hydrogen) atoms. The fourth-order valence-electron chi connectivity index (χ4n) is 0.579. The quantitative estimate of drug-likeness (QED) is 0.596. The van der Waals surface area contributed by atoms with Crippen LogP contribution in [0.2, 0.25) is 0 Å². The van der Waals surface area contributed by atoms with Crippen LogP contribution in [0.3, 0.4) is 0 Å². The molecule has 0 bridgehead atoms. The number of rotatable bonds is 5. The summed E-state index contributed by atoms with van der Waals surface area (Å²) in [6, 6.07) is 0.197. The molecule has 0 aromatic heterocycles. The molecule has 0 aliphatic carbocycles. The van der Waals surface area contributed by atoms with Crippen LogP contribution in [0.1, 0.15) is 12.8 Å². The molecule has 0 aromatic carbocycles. The lowest BCUT2D eigenvalue weighted by Crippen LogP contribution is -2.21. The highest BCUT2D eigenvalue weighted by atomic mass is 32.2. The fourth-order valence-corrected chi connectivity index (χ4v) is 1.12. The molecule has 0 aliphatic rings. The second kappa shape index (κ2) is 6.39. The molecular formula is C6H15NOS. The molecule has 0 radical (unpaired) electrons. The van der Waals surface area contributed by atoms with Crippen molar-refractivity contribution in [2.75, 3.05) is 18.6 Å². The monoisotopic (exact) mass is 149 g/mol. The Morgan fingerprint density at radius 1 is 1.56 bits per heavy atom. The van der Waals surface area contributed by atoms with E-state index in [1.807, 2.05) is 0 Å². The van der Waals surface area contributed by atoms with Crippen molar-refractivity contribution in [2.24, 2.45) is 5.73 Å². The van der Waals surface area contributed by atoms with Gasteiger partial charge in [0.15, 0.2) is 0 Å². The van der Waals surface area contributed by atoms with Gasteiger partial charge in [-0.25, -0.2) is 0 Å². The largest absolute Gasteiger partial charge is 0.396 e. The molecule has 56 valence electrons. The molecule has 0 fully saturated rings. The van der Waals surface area contributed by atoms with E-state index in [1.165, 1.54) is 0 Å². The summed E-state index contributed by atoms with van der Waals surface area (Å²) >= 11 is 1.79. The molecule has 0 aromatic rings. The van der Waals surface area contributed by atoms with E-state index in [4.69, 9.17) is 10.8 Å². The van der Waals surface area contributed by atoms with Gasteiger partial charge in [0.1, 0.15) is 0 Å². The predicted molar refractivity (Wildman–Crippen MR) is 42.7 cm³/mol. The molecule has 0 aliphatic heterocycles. The Morgan fingerprint density at radius 3 is 2.67 bits per heavy atom. The molecule has 2 nitrogen and oxygen atoms in total. The number of aliphatic hydroxyl groups excluding tert-OH is 1. The lowest BCUT2D eigenvalue weighted by atomic mass is 10.2. The predicted octanol–water partition coefficient (Wildman–Crippen LogP) is 0.449. The van der Waals surface area contributed by atoms with Crippen molar-refractivity contribution >= 4 is 11.8 Å². The maximum Gasteiger partial charge on any atom is 0.0445 e. The first kappa shape index (κ1) is 9.27. The van der Waals surface area contributed by atoms with Gasteiger partial charge in [0.2, 0.25) is 0 Å². The lowest BCUT2D eigenvalue weighted by molar-refractivity contribution is 0.275. The third kappa shape index (κ3) is 6.15. The Bertz CT molecular complexity index is 61.0. The van der Waals surface area contributed by atoms with Crippen molar-refractivity contribution in [1.82, 2.24) is 0 Å². The van der Waals surface area contributed by atoms with Crippen LogP contribution in [0, 0.1) is 0 Å². The van der Waals surface area contributed by atoms with Crippen LogP contribution in [-0.4, -0.2) is 29.8 Å². The summed E-state index contributed by atoms with van der Waals surface area (Å²) < 4.78 is 0. The average molecular weight is 149 g/mol. The minimum atomic E-state index is 0.197. The first-order chi connectivity index (χ1) is 4.31. The molecule has 0 rings (SSSR count). The molecule has 0 amide bonds. The van der Waals surface area contributed by atoms with Crippen LogP contribution >= 0.6 is 11.8 Å². The number of nitrogens with two attached hydrogens (primary N) is 1. The van der Waals surface area contributed by atoms with Gasteiger partial charge < -0.3 is 10.8 Å². The molecule has 0 spiro atoms. The molecule has 0 saturated carbocycles. The Morgan fingerprint density at radius 2 is 2.22 bits per heavy atom. The standard InChI is InChI=1S/C6H15NOS/c1-9-5-3-6(7)2-4-8/h6,8H,2-5,7H2,1H3/t6-/m0/s1. The van der Waals surface area contributed by atoms with E-state index in [0.29, 0.717) is 0 Å². The van der Waals surface area contributed by atoms with Gasteiger partial charge in [0.05, 0.1) is 0 Å². The SMILES string of the molecule is CSCC[C@@H](N)CCO. The summed E-state index contributed by atoms with van der Waals surface area (Å²) in [6.07, 6.45) is 3.81. The van der Waals surface area contributed by atoms with Crippen molar-refractivity contribution in [1.29, 1.82) is 0 Å². The van der Waals surface area contributed by atoms with Crippen molar-refractivity contribution in [3.05, 3.63) is 0 Å². The zero-order valence-corrected chi connectivity index (χ0v) is 6.66. The topological polar surface area (TPSA) is 46.2 Å². The normalized spacial score (nSPS) is 13.7. The average Bonchev–Trinajstić information content (AvgIpc) is 1.85. The second-order valence-corrected chi connectivity index (χ2v) is 3.04. The van der Waals surface area contributed by atoms with Crippen molar-refractivity contribution in [3.63, 3.8) is 0 Å². The summed E-state index contributed by atoms with van der Waals surface area (Å²) in [4.78, 5) is 0. The summed E-state index contributed by atoms with van der Waals surface area (Å²) in [6.45, 7) is 0.218. The van der Waals surface area contributed by atoms with E-state index in [-0.39, 0.29) is 12.6 Å². The maximum absolute atomic E-state index is 8.45. The highest BCUT2D eigenvalue weighted by Gasteiger charge is 1.98. The van der Waals surface area contributed by atoms with Crippen LogP contribution in [0.4, 0.5) is 0 Å². The zero-order chi connectivity index (χ0) is 7.11. The first-order valence-electron chi connectivity index (χ1n) is 3.16. The fraction of sp³-hybridized carbons (Fsp3) is 1.00. The Hall–Kier alpha value is 0.270. The third-order valence-corrected chi connectivity index (χ3v) is 1.84. The summed E-state index contributed by atoms with van der Waals surface area (Å²) in [7, 11) is 0. The summed E-state index contributed by atoms with van der Waals surface area (Å²) in [5, 5.41) is 8.45. The summed E-state index contributed by atoms with van der Waals surface area (Å²) in [5.41, 5.74) is 5.60. The third-order valence-electron chi connectivity index (χ3n) is 1.19. The van der Waals surface area contributed by atoms with Gasteiger partial charge in [-0.3, -0.25) is 0 Å². The number of hydrogen-bond donors (Lipinski definition) is 2. The molecule has 3 heteroatoms. The van der Waals surface area contributed by atoms with E-state index < -0.39 is 0 Å². The van der Waals surface area contributed by atoms with Gasteiger partial charge in [-0.2, -0.15) is 11.8 Å². The zero-order valence-electron chi connectivity index (χ0n) is 5.84. The van der Waals surface area contributed by atoms with Crippen LogP contribution in [0.5, 0.6) is 0 Å². The minimum Gasteiger partial charge on any atom is -0.396 e. The maximum atomic E-state index is 8.45. The van der Waals surface area contributed by atoms with E-state index in [2.05, 4.69) is 6.26 Å². The van der Waals surface area contributed by atoms with Crippen LogP contribution in [-0.2, 0) is 0 Å². The molecule has 3 N–H and O–H groups in total. The van der Waals surface area contributed by atoms with E-state index in [1.54, 1.807) is 11.8 Å². The number of aliphatic hydroxyl groups is 1. The molecular weight excluding hydrogens is 134 g/mol. The smallest absolute Gasteiger partial charge is 0.0445 e. The van der Waals surface area contributed by atoms with Gasteiger partial charge in [0, 0.05) is 12.6 Å². The lowest BCUT2D eigenvalue weighted by Gasteiger charge is -2.06. The van der Waals surface area contributed by atoms with Gasteiger partial charge in [-0.15, -0.1) is 0 Å². The Balaban J connectivity index is 2.95. The van der Waals surface area contributed by atoms with Gasteiger partial charge in [-0.05, 0) is 24.9 Å². The molecule has 0 heterocycles. The van der Waals surface area contributed by atoms with Gasteiger partial charge >= 0.3 is 0 Å². The molecule has 0 saturated heterocycles. The van der Waals surface area contributed by atoms with Crippen LogP contribution < -0.4 is 5.73 Å². The van der Waals surface area contributed by atoms with Gasteiger partial charge in [0.25, 0.3) is 0 Å². The van der Waals surface area contributed by atoms with Crippen molar-refractivity contribution in [3.8, 4) is 0 Å². The Kier molecular flexibility index (Phi) is 6.58.